The van der Waals surface area contributed by atoms with Crippen LogP contribution in [0.4, 0.5) is 0 Å². The molecule has 0 aliphatic rings. The minimum absolute atomic E-state index is 0.656. The van der Waals surface area contributed by atoms with Crippen LogP contribution in [0.25, 0.3) is 0 Å². The smallest absolute Gasteiger partial charge is 0.00433 e. The van der Waals surface area contributed by atoms with Crippen molar-refractivity contribution in [2.45, 2.75) is 40.0 Å². The van der Waals surface area contributed by atoms with E-state index in [9.17, 15) is 0 Å². The molecule has 84 valence electrons. The summed E-state index contributed by atoms with van der Waals surface area (Å²) in [6, 6.07) is 6.75. The van der Waals surface area contributed by atoms with Gasteiger partial charge in [0, 0.05) is 0 Å². The Hall–Kier alpha value is -0.820. The lowest BCUT2D eigenvalue weighted by Crippen LogP contribution is -2.16. The molecule has 15 heavy (non-hydrogen) atoms. The van der Waals surface area contributed by atoms with Crippen LogP contribution in [-0.2, 0) is 0 Å². The minimum atomic E-state index is 0.656. The SMILES string of the molecule is CCNCCC(C)c1cc(C)ccc1C. The van der Waals surface area contributed by atoms with Crippen LogP contribution in [0.3, 0.4) is 0 Å². The van der Waals surface area contributed by atoms with Crippen molar-refractivity contribution >= 4 is 0 Å². The standard InChI is InChI=1S/C14H23N/c1-5-15-9-8-13(4)14-10-11(2)6-7-12(14)3/h6-7,10,13,15H,5,8-9H2,1-4H3. The van der Waals surface area contributed by atoms with E-state index in [-0.39, 0.29) is 0 Å². The Kier molecular flexibility index (Phi) is 4.83. The molecule has 0 aromatic heterocycles. The van der Waals surface area contributed by atoms with Gasteiger partial charge >= 0.3 is 0 Å². The van der Waals surface area contributed by atoms with Crippen LogP contribution in [0.5, 0.6) is 0 Å². The largest absolute Gasteiger partial charge is 0.317 e. The number of nitrogens with one attached hydrogen (secondary N) is 1. The summed E-state index contributed by atoms with van der Waals surface area (Å²) in [4.78, 5) is 0. The molecule has 0 bridgehead atoms. The summed E-state index contributed by atoms with van der Waals surface area (Å²) in [5.74, 6) is 0.656. The maximum absolute atomic E-state index is 3.38. The van der Waals surface area contributed by atoms with Gasteiger partial charge in [0.05, 0.1) is 0 Å². The molecular formula is C14H23N. The van der Waals surface area contributed by atoms with Gasteiger partial charge in [-0.2, -0.15) is 0 Å². The van der Waals surface area contributed by atoms with E-state index in [1.807, 2.05) is 0 Å². The summed E-state index contributed by atoms with van der Waals surface area (Å²) in [7, 11) is 0. The molecule has 0 spiro atoms. The molecule has 0 fully saturated rings. The van der Waals surface area contributed by atoms with Crippen molar-refractivity contribution in [1.82, 2.24) is 5.32 Å². The molecular weight excluding hydrogens is 182 g/mol. The third-order valence-corrected chi connectivity index (χ3v) is 2.97. The minimum Gasteiger partial charge on any atom is -0.317 e. The summed E-state index contributed by atoms with van der Waals surface area (Å²) in [6.45, 7) is 11.0. The Morgan fingerprint density at radius 3 is 2.67 bits per heavy atom. The van der Waals surface area contributed by atoms with Gasteiger partial charge in [0.15, 0.2) is 0 Å². The van der Waals surface area contributed by atoms with Crippen molar-refractivity contribution in [1.29, 1.82) is 0 Å². The van der Waals surface area contributed by atoms with Gasteiger partial charge in [0.25, 0.3) is 0 Å². The number of hydrogen-bond donors (Lipinski definition) is 1. The molecule has 0 heterocycles. The van der Waals surface area contributed by atoms with E-state index in [2.05, 4.69) is 51.2 Å². The Morgan fingerprint density at radius 2 is 2.00 bits per heavy atom. The Bertz CT molecular complexity index is 304. The van der Waals surface area contributed by atoms with E-state index in [1.54, 1.807) is 0 Å². The monoisotopic (exact) mass is 205 g/mol. The molecule has 0 aliphatic heterocycles. The van der Waals surface area contributed by atoms with E-state index >= 15 is 0 Å². The van der Waals surface area contributed by atoms with Crippen LogP contribution in [0, 0.1) is 13.8 Å². The van der Waals surface area contributed by atoms with Crippen molar-refractivity contribution in [2.75, 3.05) is 13.1 Å². The number of rotatable bonds is 5. The first-order chi connectivity index (χ1) is 7.15. The lowest BCUT2D eigenvalue weighted by atomic mass is 9.92. The molecule has 1 N–H and O–H groups in total. The average Bonchev–Trinajstić information content (AvgIpc) is 2.22. The molecule has 1 aromatic carbocycles. The molecule has 0 saturated heterocycles. The molecule has 0 radical (unpaired) electrons. The highest BCUT2D eigenvalue weighted by Crippen LogP contribution is 2.23. The Labute approximate surface area is 93.9 Å². The molecule has 1 nitrogen and oxygen atoms in total. The van der Waals surface area contributed by atoms with Gasteiger partial charge in [-0.15, -0.1) is 0 Å². The van der Waals surface area contributed by atoms with Gasteiger partial charge < -0.3 is 5.32 Å². The first-order valence-corrected chi connectivity index (χ1v) is 5.93. The first kappa shape index (κ1) is 12.3. The highest BCUT2D eigenvalue weighted by atomic mass is 14.8. The zero-order chi connectivity index (χ0) is 11.3. The zero-order valence-electron chi connectivity index (χ0n) is 10.4. The van der Waals surface area contributed by atoms with Crippen LogP contribution in [0.2, 0.25) is 0 Å². The fraction of sp³-hybridized carbons (Fsp3) is 0.571. The molecule has 0 amide bonds. The van der Waals surface area contributed by atoms with E-state index in [0.29, 0.717) is 5.92 Å². The summed E-state index contributed by atoms with van der Waals surface area (Å²) >= 11 is 0. The van der Waals surface area contributed by atoms with Crippen molar-refractivity contribution in [3.63, 3.8) is 0 Å². The first-order valence-electron chi connectivity index (χ1n) is 5.93. The summed E-state index contributed by atoms with van der Waals surface area (Å²) in [5.41, 5.74) is 4.29. The fourth-order valence-electron chi connectivity index (χ4n) is 1.94. The average molecular weight is 205 g/mol. The maximum Gasteiger partial charge on any atom is -0.00433 e. The lowest BCUT2D eigenvalue weighted by molar-refractivity contribution is 0.606. The van der Waals surface area contributed by atoms with Gasteiger partial charge in [0.1, 0.15) is 0 Å². The fourth-order valence-corrected chi connectivity index (χ4v) is 1.94. The number of aryl methyl sites for hydroxylation is 2. The second kappa shape index (κ2) is 5.92. The van der Waals surface area contributed by atoms with E-state index < -0.39 is 0 Å². The summed E-state index contributed by atoms with van der Waals surface area (Å²) in [5, 5.41) is 3.38. The third kappa shape index (κ3) is 3.67. The zero-order valence-corrected chi connectivity index (χ0v) is 10.4. The Balaban J connectivity index is 2.64. The highest BCUT2D eigenvalue weighted by molar-refractivity contribution is 5.32. The van der Waals surface area contributed by atoms with Crippen molar-refractivity contribution in [3.8, 4) is 0 Å². The van der Waals surface area contributed by atoms with Crippen molar-refractivity contribution in [3.05, 3.63) is 34.9 Å². The highest BCUT2D eigenvalue weighted by Gasteiger charge is 2.07. The second-order valence-corrected chi connectivity index (χ2v) is 4.40. The second-order valence-electron chi connectivity index (χ2n) is 4.40. The molecule has 0 saturated carbocycles. The summed E-state index contributed by atoms with van der Waals surface area (Å²) in [6.07, 6.45) is 1.22. The molecule has 1 aromatic rings. The molecule has 1 unspecified atom stereocenters. The van der Waals surface area contributed by atoms with Gasteiger partial charge in [-0.25, -0.2) is 0 Å². The molecule has 1 atom stereocenters. The quantitative estimate of drug-likeness (QED) is 0.726. The number of hydrogen-bond acceptors (Lipinski definition) is 1. The van der Waals surface area contributed by atoms with Crippen LogP contribution < -0.4 is 5.32 Å². The van der Waals surface area contributed by atoms with Gasteiger partial charge in [-0.1, -0.05) is 37.6 Å². The molecule has 1 rings (SSSR count). The predicted molar refractivity (Wildman–Crippen MR) is 67.5 cm³/mol. The van der Waals surface area contributed by atoms with Crippen LogP contribution >= 0.6 is 0 Å². The molecule has 0 aliphatic carbocycles. The predicted octanol–water partition coefficient (Wildman–Crippen LogP) is 3.41. The van der Waals surface area contributed by atoms with E-state index in [0.717, 1.165) is 13.1 Å². The third-order valence-electron chi connectivity index (χ3n) is 2.97. The van der Waals surface area contributed by atoms with Crippen molar-refractivity contribution < 1.29 is 0 Å². The van der Waals surface area contributed by atoms with Crippen molar-refractivity contribution in [2.24, 2.45) is 0 Å². The van der Waals surface area contributed by atoms with E-state index in [4.69, 9.17) is 0 Å². The van der Waals surface area contributed by atoms with Crippen LogP contribution in [0.1, 0.15) is 42.9 Å². The van der Waals surface area contributed by atoms with Gasteiger partial charge in [-0.3, -0.25) is 0 Å². The molecule has 1 heteroatoms. The maximum atomic E-state index is 3.38. The summed E-state index contributed by atoms with van der Waals surface area (Å²) < 4.78 is 0. The van der Waals surface area contributed by atoms with Gasteiger partial charge in [0.2, 0.25) is 0 Å². The lowest BCUT2D eigenvalue weighted by Gasteiger charge is -2.15. The topological polar surface area (TPSA) is 12.0 Å². The number of benzene rings is 1. The van der Waals surface area contributed by atoms with Crippen LogP contribution in [-0.4, -0.2) is 13.1 Å². The van der Waals surface area contributed by atoms with E-state index in [1.165, 1.54) is 23.1 Å². The Morgan fingerprint density at radius 1 is 1.27 bits per heavy atom. The van der Waals surface area contributed by atoms with Crippen LogP contribution in [0.15, 0.2) is 18.2 Å². The normalized spacial score (nSPS) is 12.8. The van der Waals surface area contributed by atoms with Gasteiger partial charge in [-0.05, 0) is 50.4 Å².